The lowest BCUT2D eigenvalue weighted by Crippen LogP contribution is -2.13. The van der Waals surface area contributed by atoms with E-state index >= 15 is 0 Å². The number of carboxylic acids is 2. The van der Waals surface area contributed by atoms with Crippen molar-refractivity contribution >= 4 is 11.9 Å². The molecule has 0 amide bonds. The van der Waals surface area contributed by atoms with Gasteiger partial charge in [-0.1, -0.05) is 148 Å². The molecule has 0 heterocycles. The van der Waals surface area contributed by atoms with E-state index in [0.29, 0.717) is 6.42 Å². The number of hydrogen-bond acceptors (Lipinski definition) is 2. The van der Waals surface area contributed by atoms with Crippen LogP contribution >= 0.6 is 0 Å². The predicted molar refractivity (Wildman–Crippen MR) is 144 cm³/mol. The van der Waals surface area contributed by atoms with E-state index in [1.165, 1.54) is 122 Å². The van der Waals surface area contributed by atoms with E-state index in [-0.39, 0.29) is 5.92 Å². The number of aliphatic carboxylic acids is 2. The molecular weight excluding hydrogens is 424 g/mol. The van der Waals surface area contributed by atoms with Crippen LogP contribution in [-0.4, -0.2) is 22.2 Å². The number of hydrogen-bond donors (Lipinski definition) is 2. The largest absolute Gasteiger partial charge is 0.481 e. The number of unbranched alkanes of at least 4 members (excludes halogenated alkanes) is 21. The highest BCUT2D eigenvalue weighted by atomic mass is 16.4. The van der Waals surface area contributed by atoms with Gasteiger partial charge in [-0.2, -0.15) is 0 Å². The molecule has 202 valence electrons. The molecule has 1 unspecified atom stereocenters. The average Bonchev–Trinajstić information content (AvgIpc) is 2.80. The molecule has 0 bridgehead atoms. The zero-order valence-corrected chi connectivity index (χ0v) is 22.7. The van der Waals surface area contributed by atoms with Gasteiger partial charge in [0.15, 0.2) is 0 Å². The molecule has 0 aromatic rings. The molecule has 34 heavy (non-hydrogen) atoms. The molecule has 0 aromatic carbocycles. The van der Waals surface area contributed by atoms with Gasteiger partial charge in [-0.25, -0.2) is 0 Å². The van der Waals surface area contributed by atoms with Crippen LogP contribution in [0.3, 0.4) is 0 Å². The summed E-state index contributed by atoms with van der Waals surface area (Å²) in [5, 5.41) is 18.1. The lowest BCUT2D eigenvalue weighted by molar-refractivity contribution is -0.142. The lowest BCUT2D eigenvalue weighted by atomic mass is 9.94. The molecule has 0 aliphatic rings. The summed E-state index contributed by atoms with van der Waals surface area (Å²) in [6, 6.07) is 0. The Balaban J connectivity index is 3.40. The maximum Gasteiger partial charge on any atom is 0.306 e. The van der Waals surface area contributed by atoms with Crippen molar-refractivity contribution < 1.29 is 19.8 Å². The van der Waals surface area contributed by atoms with Gasteiger partial charge in [0.25, 0.3) is 0 Å². The summed E-state index contributed by atoms with van der Waals surface area (Å²) in [4.78, 5) is 22.0. The quantitative estimate of drug-likeness (QED) is 0.109. The number of carbonyl (C=O) groups is 2. The van der Waals surface area contributed by atoms with Crippen molar-refractivity contribution in [3.05, 3.63) is 0 Å². The van der Waals surface area contributed by atoms with E-state index in [0.717, 1.165) is 38.5 Å². The molecule has 4 nitrogen and oxygen atoms in total. The summed E-state index contributed by atoms with van der Waals surface area (Å²) in [6.07, 6.45) is 30.7. The van der Waals surface area contributed by atoms with Crippen LogP contribution in [0.15, 0.2) is 0 Å². The molecule has 0 aromatic heterocycles. The molecule has 1 atom stereocenters. The molecule has 0 rings (SSSR count). The summed E-state index contributed by atoms with van der Waals surface area (Å²) >= 11 is 0. The SMILES string of the molecule is CCCCCCCCCCCCC(CCCCCCCCCCCCCCCC(=O)O)C(=O)O. The summed E-state index contributed by atoms with van der Waals surface area (Å²) in [6.45, 7) is 2.26. The fraction of sp³-hybridized carbons (Fsp3) is 0.933. The first-order chi connectivity index (χ1) is 16.6. The molecular formula is C30H58O4. The van der Waals surface area contributed by atoms with Gasteiger partial charge in [-0.15, -0.1) is 0 Å². The second-order valence-corrected chi connectivity index (χ2v) is 10.5. The highest BCUT2D eigenvalue weighted by molar-refractivity contribution is 5.69. The van der Waals surface area contributed by atoms with E-state index in [1.807, 2.05) is 0 Å². The molecule has 4 heteroatoms. The van der Waals surface area contributed by atoms with Crippen LogP contribution in [0, 0.1) is 5.92 Å². The van der Waals surface area contributed by atoms with Crippen LogP contribution in [-0.2, 0) is 9.59 Å². The van der Waals surface area contributed by atoms with Crippen LogP contribution in [0.2, 0.25) is 0 Å². The molecule has 0 radical (unpaired) electrons. The Hall–Kier alpha value is -1.06. The van der Waals surface area contributed by atoms with Crippen LogP contribution in [0.4, 0.5) is 0 Å². The van der Waals surface area contributed by atoms with E-state index in [1.54, 1.807) is 0 Å². The molecule has 0 saturated carbocycles. The van der Waals surface area contributed by atoms with Gasteiger partial charge in [0.1, 0.15) is 0 Å². The Bertz CT molecular complexity index is 449. The van der Waals surface area contributed by atoms with Crippen LogP contribution in [0.5, 0.6) is 0 Å². The average molecular weight is 483 g/mol. The highest BCUT2D eigenvalue weighted by Gasteiger charge is 2.16. The molecule has 0 spiro atoms. The van der Waals surface area contributed by atoms with Crippen molar-refractivity contribution in [1.82, 2.24) is 0 Å². The van der Waals surface area contributed by atoms with Crippen LogP contribution in [0.1, 0.15) is 174 Å². The molecule has 0 saturated heterocycles. The summed E-state index contributed by atoms with van der Waals surface area (Å²) in [5.41, 5.74) is 0. The lowest BCUT2D eigenvalue weighted by Gasteiger charge is -2.12. The maximum absolute atomic E-state index is 11.6. The minimum Gasteiger partial charge on any atom is -0.481 e. The van der Waals surface area contributed by atoms with Gasteiger partial charge >= 0.3 is 11.9 Å². The van der Waals surface area contributed by atoms with E-state index in [4.69, 9.17) is 5.11 Å². The van der Waals surface area contributed by atoms with Crippen LogP contribution in [0.25, 0.3) is 0 Å². The Morgan fingerprint density at radius 3 is 1.06 bits per heavy atom. The molecule has 2 N–H and O–H groups in total. The summed E-state index contributed by atoms with van der Waals surface area (Å²) in [7, 11) is 0. The summed E-state index contributed by atoms with van der Waals surface area (Å²) in [5.74, 6) is -1.39. The second kappa shape index (κ2) is 26.5. The van der Waals surface area contributed by atoms with Gasteiger partial charge < -0.3 is 10.2 Å². The number of rotatable bonds is 28. The van der Waals surface area contributed by atoms with Crippen molar-refractivity contribution in [2.24, 2.45) is 5.92 Å². The van der Waals surface area contributed by atoms with Crippen molar-refractivity contribution in [1.29, 1.82) is 0 Å². The smallest absolute Gasteiger partial charge is 0.306 e. The number of carboxylic acid groups (broad SMARTS) is 2. The van der Waals surface area contributed by atoms with Gasteiger partial charge in [-0.05, 0) is 19.3 Å². The topological polar surface area (TPSA) is 74.6 Å². The first-order valence-electron chi connectivity index (χ1n) is 15.0. The van der Waals surface area contributed by atoms with E-state index in [9.17, 15) is 14.7 Å². The summed E-state index contributed by atoms with van der Waals surface area (Å²) < 4.78 is 0. The van der Waals surface area contributed by atoms with Gasteiger partial charge in [0.2, 0.25) is 0 Å². The van der Waals surface area contributed by atoms with E-state index in [2.05, 4.69) is 6.92 Å². The van der Waals surface area contributed by atoms with Crippen molar-refractivity contribution in [3.63, 3.8) is 0 Å². The third-order valence-electron chi connectivity index (χ3n) is 7.20. The molecule has 0 fully saturated rings. The second-order valence-electron chi connectivity index (χ2n) is 10.5. The first-order valence-corrected chi connectivity index (χ1v) is 15.0. The maximum atomic E-state index is 11.6. The Labute approximate surface area is 211 Å². The zero-order chi connectivity index (χ0) is 25.1. The fourth-order valence-electron chi connectivity index (χ4n) is 4.88. The molecule has 0 aliphatic heterocycles. The van der Waals surface area contributed by atoms with Crippen molar-refractivity contribution in [2.75, 3.05) is 0 Å². The van der Waals surface area contributed by atoms with Crippen molar-refractivity contribution in [2.45, 2.75) is 174 Å². The van der Waals surface area contributed by atoms with Crippen molar-refractivity contribution in [3.8, 4) is 0 Å². The Morgan fingerprint density at radius 2 is 0.765 bits per heavy atom. The first kappa shape index (κ1) is 32.9. The minimum absolute atomic E-state index is 0.127. The monoisotopic (exact) mass is 482 g/mol. The van der Waals surface area contributed by atoms with Gasteiger partial charge in [0.05, 0.1) is 5.92 Å². The van der Waals surface area contributed by atoms with Gasteiger partial charge in [-0.3, -0.25) is 9.59 Å². The highest BCUT2D eigenvalue weighted by Crippen LogP contribution is 2.20. The Kier molecular flexibility index (Phi) is 25.7. The zero-order valence-electron chi connectivity index (χ0n) is 22.7. The third kappa shape index (κ3) is 25.6. The fourth-order valence-corrected chi connectivity index (χ4v) is 4.88. The molecule has 0 aliphatic carbocycles. The van der Waals surface area contributed by atoms with Crippen LogP contribution < -0.4 is 0 Å². The van der Waals surface area contributed by atoms with Gasteiger partial charge in [0, 0.05) is 6.42 Å². The minimum atomic E-state index is -0.675. The van der Waals surface area contributed by atoms with E-state index < -0.39 is 11.9 Å². The Morgan fingerprint density at radius 1 is 0.471 bits per heavy atom. The normalized spacial score (nSPS) is 12.1. The predicted octanol–water partition coefficient (Wildman–Crippen LogP) is 9.93. The standard InChI is InChI=1S/C30H58O4/c1-2-3-4-5-6-7-13-16-19-22-25-28(30(33)34)26-23-20-17-14-11-9-8-10-12-15-18-21-24-27-29(31)32/h28H,2-27H2,1H3,(H,31,32)(H,33,34). The third-order valence-corrected chi connectivity index (χ3v) is 7.20.